The molecule has 0 aromatic carbocycles. The number of likely N-dealkylation sites (N-methyl/N-ethyl adjacent to an activating group) is 1. The summed E-state index contributed by atoms with van der Waals surface area (Å²) < 4.78 is 5.06. The third kappa shape index (κ3) is 16.1. The molecule has 0 saturated carbocycles. The molecule has 0 aromatic heterocycles. The van der Waals surface area contributed by atoms with E-state index in [1.54, 1.807) is 7.11 Å². The van der Waals surface area contributed by atoms with E-state index < -0.39 is 0 Å². The summed E-state index contributed by atoms with van der Waals surface area (Å²) in [5.74, 6) is 0.918. The lowest BCUT2D eigenvalue weighted by Gasteiger charge is -2.17. The molecule has 0 saturated heterocycles. The lowest BCUT2D eigenvalue weighted by molar-refractivity contribution is 0.161. The maximum Gasteiger partial charge on any atom is 0.190 e. The number of ether oxygens (including phenoxy) is 1. The fourth-order valence-electron chi connectivity index (χ4n) is 1.89. The predicted octanol–water partition coefficient (Wildman–Crippen LogP) is 2.32. The van der Waals surface area contributed by atoms with Gasteiger partial charge < -0.3 is 20.3 Å². The Labute approximate surface area is 148 Å². The van der Waals surface area contributed by atoms with Gasteiger partial charge in [0.05, 0.1) is 6.61 Å². The maximum absolute atomic E-state index is 5.06. The number of nitrogens with zero attached hydrogens (tertiary/aromatic N) is 2. The van der Waals surface area contributed by atoms with Gasteiger partial charge in [0.25, 0.3) is 0 Å². The Bertz CT molecular complexity index is 240. The van der Waals surface area contributed by atoms with Crippen molar-refractivity contribution >= 4 is 29.9 Å². The highest BCUT2D eigenvalue weighted by molar-refractivity contribution is 14.0. The van der Waals surface area contributed by atoms with Gasteiger partial charge in [-0.3, -0.25) is 4.99 Å². The average Bonchev–Trinajstić information content (AvgIpc) is 2.47. The maximum atomic E-state index is 5.06. The number of halogens is 1. The van der Waals surface area contributed by atoms with Gasteiger partial charge in [-0.15, -0.1) is 24.0 Å². The Balaban J connectivity index is 0. The van der Waals surface area contributed by atoms with Crippen molar-refractivity contribution in [1.82, 2.24) is 15.5 Å². The van der Waals surface area contributed by atoms with E-state index in [0.29, 0.717) is 0 Å². The van der Waals surface area contributed by atoms with Gasteiger partial charge in [0, 0.05) is 33.8 Å². The van der Waals surface area contributed by atoms with E-state index in [1.165, 1.54) is 25.7 Å². The molecule has 0 unspecified atom stereocenters. The van der Waals surface area contributed by atoms with Gasteiger partial charge in [0.15, 0.2) is 5.96 Å². The van der Waals surface area contributed by atoms with Crippen molar-refractivity contribution in [3.8, 4) is 0 Å². The number of guanidine groups is 1. The molecule has 0 heterocycles. The lowest BCUT2D eigenvalue weighted by atomic mass is 10.2. The fourth-order valence-corrected chi connectivity index (χ4v) is 1.89. The average molecular weight is 414 g/mol. The Morgan fingerprint density at radius 1 is 1.05 bits per heavy atom. The zero-order valence-electron chi connectivity index (χ0n) is 14.3. The zero-order valence-corrected chi connectivity index (χ0v) is 16.6. The van der Waals surface area contributed by atoms with Gasteiger partial charge in [-0.05, 0) is 26.4 Å². The Kier molecular flexibility index (Phi) is 19.8. The number of nitrogens with one attached hydrogen (secondary N) is 2. The minimum absolute atomic E-state index is 0. The summed E-state index contributed by atoms with van der Waals surface area (Å²) in [4.78, 5) is 6.52. The number of rotatable bonds is 12. The van der Waals surface area contributed by atoms with Gasteiger partial charge in [-0.25, -0.2) is 0 Å². The van der Waals surface area contributed by atoms with Crippen LogP contribution in [0.3, 0.4) is 0 Å². The third-order valence-electron chi connectivity index (χ3n) is 3.23. The highest BCUT2D eigenvalue weighted by Gasteiger charge is 1.99. The normalized spacial score (nSPS) is 11.4. The highest BCUT2D eigenvalue weighted by atomic mass is 127. The molecular formula is C15H35IN4O. The van der Waals surface area contributed by atoms with Crippen molar-refractivity contribution in [3.05, 3.63) is 0 Å². The molecule has 0 spiro atoms. The molecular weight excluding hydrogens is 379 g/mol. The van der Waals surface area contributed by atoms with Crippen molar-refractivity contribution < 1.29 is 4.74 Å². The minimum Gasteiger partial charge on any atom is -0.383 e. The molecule has 0 atom stereocenters. The second-order valence-corrected chi connectivity index (χ2v) is 5.14. The van der Waals surface area contributed by atoms with E-state index in [4.69, 9.17) is 4.74 Å². The van der Waals surface area contributed by atoms with Crippen LogP contribution in [-0.2, 0) is 4.74 Å². The molecule has 6 heteroatoms. The Morgan fingerprint density at radius 2 is 1.71 bits per heavy atom. The van der Waals surface area contributed by atoms with Crippen LogP contribution < -0.4 is 10.6 Å². The number of hydrogen-bond acceptors (Lipinski definition) is 3. The quantitative estimate of drug-likeness (QED) is 0.223. The van der Waals surface area contributed by atoms with Crippen molar-refractivity contribution in [2.45, 2.75) is 39.0 Å². The third-order valence-corrected chi connectivity index (χ3v) is 3.23. The monoisotopic (exact) mass is 414 g/mol. The lowest BCUT2D eigenvalue weighted by Crippen LogP contribution is -2.39. The molecule has 0 rings (SSSR count). The second-order valence-electron chi connectivity index (χ2n) is 5.14. The smallest absolute Gasteiger partial charge is 0.190 e. The predicted molar refractivity (Wildman–Crippen MR) is 103 cm³/mol. The first-order chi connectivity index (χ1) is 9.74. The van der Waals surface area contributed by atoms with E-state index >= 15 is 0 Å². The van der Waals surface area contributed by atoms with Gasteiger partial charge in [-0.2, -0.15) is 0 Å². The summed E-state index contributed by atoms with van der Waals surface area (Å²) in [6, 6.07) is 0. The fraction of sp³-hybridized carbons (Fsp3) is 0.933. The van der Waals surface area contributed by atoms with Crippen molar-refractivity contribution in [3.63, 3.8) is 0 Å². The summed E-state index contributed by atoms with van der Waals surface area (Å²) in [5, 5.41) is 6.71. The number of aliphatic imine (C=N–C) groups is 1. The SMILES string of the molecule is CCCCCCNC(=NC)NCCCN(C)CCOC.I. The van der Waals surface area contributed by atoms with Gasteiger partial charge in [0.1, 0.15) is 0 Å². The summed E-state index contributed by atoms with van der Waals surface area (Å²) in [7, 11) is 5.69. The Hall–Kier alpha value is -0.0800. The largest absolute Gasteiger partial charge is 0.383 e. The topological polar surface area (TPSA) is 48.9 Å². The van der Waals surface area contributed by atoms with E-state index in [1.807, 2.05) is 7.05 Å². The van der Waals surface area contributed by atoms with Crippen molar-refractivity contribution in [2.24, 2.45) is 4.99 Å². The van der Waals surface area contributed by atoms with Gasteiger partial charge in [-0.1, -0.05) is 26.2 Å². The molecule has 0 radical (unpaired) electrons. The van der Waals surface area contributed by atoms with Crippen LogP contribution in [0.1, 0.15) is 39.0 Å². The molecule has 0 fully saturated rings. The van der Waals surface area contributed by atoms with Gasteiger partial charge >= 0.3 is 0 Å². The molecule has 128 valence electrons. The summed E-state index contributed by atoms with van der Waals surface area (Å²) in [6.07, 6.45) is 6.22. The van der Waals surface area contributed by atoms with Crippen LogP contribution >= 0.6 is 24.0 Å². The summed E-state index contributed by atoms with van der Waals surface area (Å²) in [6.45, 7) is 7.05. The van der Waals surface area contributed by atoms with Crippen LogP contribution in [0, 0.1) is 0 Å². The first-order valence-corrected chi connectivity index (χ1v) is 7.86. The molecule has 0 aromatic rings. The van der Waals surface area contributed by atoms with Crippen LogP contribution in [0.5, 0.6) is 0 Å². The summed E-state index contributed by atoms with van der Waals surface area (Å²) in [5.41, 5.74) is 0. The molecule has 0 aliphatic heterocycles. The van der Waals surface area contributed by atoms with Crippen LogP contribution in [0.2, 0.25) is 0 Å². The molecule has 0 aliphatic rings. The van der Waals surface area contributed by atoms with Crippen LogP contribution in [0.15, 0.2) is 4.99 Å². The molecule has 2 N–H and O–H groups in total. The number of methoxy groups -OCH3 is 1. The number of hydrogen-bond donors (Lipinski definition) is 2. The zero-order chi connectivity index (χ0) is 15.1. The minimum atomic E-state index is 0. The molecule has 21 heavy (non-hydrogen) atoms. The summed E-state index contributed by atoms with van der Waals surface area (Å²) >= 11 is 0. The molecule has 5 nitrogen and oxygen atoms in total. The Morgan fingerprint density at radius 3 is 2.29 bits per heavy atom. The first-order valence-electron chi connectivity index (χ1n) is 7.86. The van der Waals surface area contributed by atoms with Crippen molar-refractivity contribution in [2.75, 3.05) is 54.0 Å². The van der Waals surface area contributed by atoms with Gasteiger partial charge in [0.2, 0.25) is 0 Å². The van der Waals surface area contributed by atoms with E-state index in [9.17, 15) is 0 Å². The van der Waals surface area contributed by atoms with Crippen molar-refractivity contribution in [1.29, 1.82) is 0 Å². The van der Waals surface area contributed by atoms with E-state index in [2.05, 4.69) is 34.5 Å². The highest BCUT2D eigenvalue weighted by Crippen LogP contribution is 1.96. The van der Waals surface area contributed by atoms with E-state index in [0.717, 1.165) is 45.2 Å². The molecule has 0 bridgehead atoms. The standard InChI is InChI=1S/C15H34N4O.HI/c1-5-6-7-8-10-17-15(16-2)18-11-9-12-19(3)13-14-20-4;/h5-14H2,1-4H3,(H2,16,17,18);1H. The molecule has 0 aliphatic carbocycles. The first kappa shape index (κ1) is 23.2. The van der Waals surface area contributed by atoms with Crippen LogP contribution in [0.4, 0.5) is 0 Å². The number of unbranched alkanes of at least 4 members (excludes halogenated alkanes) is 3. The van der Waals surface area contributed by atoms with Crippen LogP contribution in [-0.4, -0.2) is 64.9 Å². The molecule has 0 amide bonds. The second kappa shape index (κ2) is 18.0. The van der Waals surface area contributed by atoms with Crippen LogP contribution in [0.25, 0.3) is 0 Å². The van der Waals surface area contributed by atoms with E-state index in [-0.39, 0.29) is 24.0 Å².